The smallest absolute Gasteiger partial charge is 0.193 e. The summed E-state index contributed by atoms with van der Waals surface area (Å²) in [4.78, 5) is 6.71. The molecule has 1 saturated heterocycles. The molecule has 116 valence electrons. The molecule has 0 spiro atoms. The van der Waals surface area contributed by atoms with Gasteiger partial charge in [-0.05, 0) is 31.1 Å². The molecule has 2 fully saturated rings. The molecule has 4 nitrogen and oxygen atoms in total. The van der Waals surface area contributed by atoms with E-state index in [1.165, 1.54) is 38.5 Å². The average Bonchev–Trinajstić information content (AvgIpc) is 3.11. The van der Waals surface area contributed by atoms with Gasteiger partial charge in [-0.1, -0.05) is 19.8 Å². The van der Waals surface area contributed by atoms with Crippen molar-refractivity contribution in [3.05, 3.63) is 0 Å². The summed E-state index contributed by atoms with van der Waals surface area (Å²) >= 11 is 0. The van der Waals surface area contributed by atoms with Crippen LogP contribution in [-0.2, 0) is 4.74 Å². The lowest BCUT2D eigenvalue weighted by atomic mass is 9.83. The van der Waals surface area contributed by atoms with Crippen molar-refractivity contribution in [2.24, 2.45) is 16.3 Å². The summed E-state index contributed by atoms with van der Waals surface area (Å²) in [5.74, 6) is 1.70. The van der Waals surface area contributed by atoms with Crippen molar-refractivity contribution in [2.75, 3.05) is 40.4 Å². The second kappa shape index (κ2) is 7.30. The van der Waals surface area contributed by atoms with Gasteiger partial charge in [-0.15, -0.1) is 0 Å². The van der Waals surface area contributed by atoms with Gasteiger partial charge in [-0.3, -0.25) is 4.99 Å². The van der Waals surface area contributed by atoms with Gasteiger partial charge in [0.05, 0.1) is 6.61 Å². The summed E-state index contributed by atoms with van der Waals surface area (Å²) < 4.78 is 5.46. The second-order valence-corrected chi connectivity index (χ2v) is 6.57. The first-order chi connectivity index (χ1) is 9.69. The van der Waals surface area contributed by atoms with Crippen LogP contribution in [0.1, 0.15) is 45.4 Å². The van der Waals surface area contributed by atoms with Gasteiger partial charge in [-0.25, -0.2) is 0 Å². The van der Waals surface area contributed by atoms with Crippen LogP contribution >= 0.6 is 0 Å². The molecular formula is C16H31N3O. The van der Waals surface area contributed by atoms with Gasteiger partial charge in [0.15, 0.2) is 5.96 Å². The highest BCUT2D eigenvalue weighted by Crippen LogP contribution is 2.40. The maximum atomic E-state index is 5.46. The first kappa shape index (κ1) is 15.6. The number of hydrogen-bond acceptors (Lipinski definition) is 2. The zero-order chi connectivity index (χ0) is 14.4. The molecule has 2 aliphatic rings. The SMILES string of the molecule is CCC1(CNC(=NC)N(C)CC2CCOC2)CCCC1. The van der Waals surface area contributed by atoms with E-state index in [0.717, 1.165) is 32.3 Å². The number of hydrogen-bond donors (Lipinski definition) is 1. The number of nitrogens with one attached hydrogen (secondary N) is 1. The van der Waals surface area contributed by atoms with Gasteiger partial charge in [0, 0.05) is 39.7 Å². The minimum Gasteiger partial charge on any atom is -0.381 e. The summed E-state index contributed by atoms with van der Waals surface area (Å²) in [6.45, 7) is 6.26. The average molecular weight is 281 g/mol. The Balaban J connectivity index is 1.82. The highest BCUT2D eigenvalue weighted by atomic mass is 16.5. The maximum absolute atomic E-state index is 5.46. The molecule has 1 atom stereocenters. The Morgan fingerprint density at radius 1 is 1.40 bits per heavy atom. The summed E-state index contributed by atoms with van der Waals surface area (Å²) in [6.07, 6.45) is 7.98. The Bertz CT molecular complexity index is 318. The van der Waals surface area contributed by atoms with Crippen LogP contribution in [0.2, 0.25) is 0 Å². The third-order valence-corrected chi connectivity index (χ3v) is 5.17. The van der Waals surface area contributed by atoms with Crippen LogP contribution in [0.5, 0.6) is 0 Å². The predicted octanol–water partition coefficient (Wildman–Crippen LogP) is 2.50. The van der Waals surface area contributed by atoms with E-state index in [9.17, 15) is 0 Å². The van der Waals surface area contributed by atoms with E-state index in [2.05, 4.69) is 29.2 Å². The van der Waals surface area contributed by atoms with Gasteiger partial charge in [0.2, 0.25) is 0 Å². The standard InChI is InChI=1S/C16H31N3O/c1-4-16(8-5-6-9-16)13-18-15(17-2)19(3)11-14-7-10-20-12-14/h14H,4-13H2,1-3H3,(H,17,18). The van der Waals surface area contributed by atoms with Gasteiger partial charge < -0.3 is 15.0 Å². The lowest BCUT2D eigenvalue weighted by Gasteiger charge is -2.31. The molecule has 4 heteroatoms. The van der Waals surface area contributed by atoms with Gasteiger partial charge in [0.1, 0.15) is 0 Å². The summed E-state index contributed by atoms with van der Waals surface area (Å²) in [5.41, 5.74) is 0.507. The zero-order valence-electron chi connectivity index (χ0n) is 13.5. The first-order valence-electron chi connectivity index (χ1n) is 8.18. The van der Waals surface area contributed by atoms with Crippen molar-refractivity contribution in [1.82, 2.24) is 10.2 Å². The van der Waals surface area contributed by atoms with Crippen LogP contribution in [-0.4, -0.2) is 51.3 Å². The topological polar surface area (TPSA) is 36.9 Å². The molecule has 20 heavy (non-hydrogen) atoms. The molecule has 0 aromatic carbocycles. The molecule has 1 aliphatic carbocycles. The second-order valence-electron chi connectivity index (χ2n) is 6.57. The van der Waals surface area contributed by atoms with E-state index >= 15 is 0 Å². The summed E-state index contributed by atoms with van der Waals surface area (Å²) in [5, 5.41) is 3.61. The van der Waals surface area contributed by atoms with Crippen molar-refractivity contribution < 1.29 is 4.74 Å². The number of ether oxygens (including phenoxy) is 1. The van der Waals surface area contributed by atoms with Crippen LogP contribution < -0.4 is 5.32 Å². The Morgan fingerprint density at radius 2 is 2.15 bits per heavy atom. The molecule has 1 N–H and O–H groups in total. The minimum absolute atomic E-state index is 0.507. The molecule has 0 aromatic heterocycles. The summed E-state index contributed by atoms with van der Waals surface area (Å²) in [7, 11) is 4.03. The number of rotatable bonds is 5. The minimum atomic E-state index is 0.507. The van der Waals surface area contributed by atoms with E-state index in [0.29, 0.717) is 11.3 Å². The predicted molar refractivity (Wildman–Crippen MR) is 84.1 cm³/mol. The first-order valence-corrected chi connectivity index (χ1v) is 8.18. The van der Waals surface area contributed by atoms with Crippen LogP contribution in [0.15, 0.2) is 4.99 Å². The summed E-state index contributed by atoms with van der Waals surface area (Å²) in [6, 6.07) is 0. The normalized spacial score (nSPS) is 25.9. The largest absolute Gasteiger partial charge is 0.381 e. The Labute approximate surface area is 124 Å². The monoisotopic (exact) mass is 281 g/mol. The molecule has 2 rings (SSSR count). The Morgan fingerprint density at radius 3 is 2.70 bits per heavy atom. The van der Waals surface area contributed by atoms with Crippen molar-refractivity contribution >= 4 is 5.96 Å². The van der Waals surface area contributed by atoms with Crippen molar-refractivity contribution in [3.8, 4) is 0 Å². The third kappa shape index (κ3) is 3.87. The molecule has 1 aliphatic heterocycles. The zero-order valence-corrected chi connectivity index (χ0v) is 13.5. The molecule has 1 heterocycles. The fourth-order valence-electron chi connectivity index (χ4n) is 3.63. The lowest BCUT2D eigenvalue weighted by molar-refractivity contribution is 0.181. The van der Waals surface area contributed by atoms with Gasteiger partial charge in [0.25, 0.3) is 0 Å². The quantitative estimate of drug-likeness (QED) is 0.621. The van der Waals surface area contributed by atoms with E-state index in [-0.39, 0.29) is 0 Å². The van der Waals surface area contributed by atoms with Crippen LogP contribution in [0.4, 0.5) is 0 Å². The van der Waals surface area contributed by atoms with Crippen molar-refractivity contribution in [1.29, 1.82) is 0 Å². The van der Waals surface area contributed by atoms with Crippen LogP contribution in [0.3, 0.4) is 0 Å². The number of guanidine groups is 1. The molecule has 0 bridgehead atoms. The van der Waals surface area contributed by atoms with Crippen LogP contribution in [0, 0.1) is 11.3 Å². The van der Waals surface area contributed by atoms with Gasteiger partial charge in [-0.2, -0.15) is 0 Å². The van der Waals surface area contributed by atoms with Crippen LogP contribution in [0.25, 0.3) is 0 Å². The van der Waals surface area contributed by atoms with Crippen molar-refractivity contribution in [3.63, 3.8) is 0 Å². The Kier molecular flexibility index (Phi) is 5.70. The molecular weight excluding hydrogens is 250 g/mol. The number of aliphatic imine (C=N–C) groups is 1. The molecule has 0 amide bonds. The Hall–Kier alpha value is -0.770. The van der Waals surface area contributed by atoms with E-state index in [4.69, 9.17) is 4.74 Å². The highest BCUT2D eigenvalue weighted by Gasteiger charge is 2.32. The molecule has 1 unspecified atom stereocenters. The lowest BCUT2D eigenvalue weighted by Crippen LogP contribution is -2.45. The van der Waals surface area contributed by atoms with E-state index in [1.807, 2.05) is 7.05 Å². The van der Waals surface area contributed by atoms with Crippen molar-refractivity contribution in [2.45, 2.75) is 45.4 Å². The highest BCUT2D eigenvalue weighted by molar-refractivity contribution is 5.79. The fourth-order valence-corrected chi connectivity index (χ4v) is 3.63. The van der Waals surface area contributed by atoms with Gasteiger partial charge >= 0.3 is 0 Å². The molecule has 0 radical (unpaired) electrons. The van der Waals surface area contributed by atoms with E-state index < -0.39 is 0 Å². The fraction of sp³-hybridized carbons (Fsp3) is 0.938. The molecule has 0 aromatic rings. The number of nitrogens with zero attached hydrogens (tertiary/aromatic N) is 2. The third-order valence-electron chi connectivity index (χ3n) is 5.17. The maximum Gasteiger partial charge on any atom is 0.193 e. The molecule has 1 saturated carbocycles. The van der Waals surface area contributed by atoms with E-state index in [1.54, 1.807) is 0 Å².